The molecule has 2 N–H and O–H groups in total. The van der Waals surface area contributed by atoms with E-state index in [4.69, 9.17) is 14.2 Å². The van der Waals surface area contributed by atoms with Gasteiger partial charge in [-0.25, -0.2) is 4.79 Å². The maximum absolute atomic E-state index is 13.5. The Bertz CT molecular complexity index is 1770. The van der Waals surface area contributed by atoms with Crippen LogP contribution in [0.15, 0.2) is 84.2 Å². The normalized spacial score (nSPS) is 11.8. The van der Waals surface area contributed by atoms with E-state index in [9.17, 15) is 37.5 Å². The first-order chi connectivity index (χ1) is 25.2. The Labute approximate surface area is 306 Å². The summed E-state index contributed by atoms with van der Waals surface area (Å²) in [6.07, 6.45) is 4.37. The molecule has 14 heteroatoms. The Morgan fingerprint density at radius 1 is 0.906 bits per heavy atom. The van der Waals surface area contributed by atoms with Gasteiger partial charge in [-0.3, -0.25) is 19.4 Å². The molecule has 0 spiro atoms. The molecule has 2 aromatic carbocycles. The zero-order chi connectivity index (χ0) is 39.0. The van der Waals surface area contributed by atoms with E-state index in [1.165, 1.54) is 82.8 Å². The molecule has 0 unspecified atom stereocenters. The molecular formula is C39H44F3N3O8. The van der Waals surface area contributed by atoms with Crippen LogP contribution >= 0.6 is 0 Å². The summed E-state index contributed by atoms with van der Waals surface area (Å²) in [5, 5.41) is 11.9. The molecule has 3 aromatic rings. The van der Waals surface area contributed by atoms with Crippen molar-refractivity contribution in [2.45, 2.75) is 72.0 Å². The van der Waals surface area contributed by atoms with Crippen LogP contribution in [0.25, 0.3) is 0 Å². The lowest BCUT2D eigenvalue weighted by Gasteiger charge is -2.20. The average Bonchev–Trinajstić information content (AvgIpc) is 3.12. The van der Waals surface area contributed by atoms with Gasteiger partial charge in [0.05, 0.1) is 49.7 Å². The first kappa shape index (κ1) is 41.8. The molecule has 2 amide bonds. The van der Waals surface area contributed by atoms with Crippen molar-refractivity contribution in [2.75, 3.05) is 20.3 Å². The van der Waals surface area contributed by atoms with E-state index in [1.807, 2.05) is 0 Å². The number of methoxy groups -OCH3 is 1. The van der Waals surface area contributed by atoms with Crippen LogP contribution < -0.4 is 19.5 Å². The monoisotopic (exact) mass is 739 g/mol. The summed E-state index contributed by atoms with van der Waals surface area (Å²) in [5.41, 5.74) is -0.259. The number of carbonyl (C=O) groups is 4. The van der Waals surface area contributed by atoms with Crippen molar-refractivity contribution in [3.8, 4) is 17.2 Å². The number of nitrogens with zero attached hydrogens (tertiary/aromatic N) is 2. The van der Waals surface area contributed by atoms with Crippen molar-refractivity contribution in [3.05, 3.63) is 107 Å². The topological polar surface area (TPSA) is 144 Å². The second kappa shape index (κ2) is 20.4. The van der Waals surface area contributed by atoms with Gasteiger partial charge >= 0.3 is 18.1 Å². The average molecular weight is 740 g/mol. The predicted octanol–water partition coefficient (Wildman–Crippen LogP) is 7.30. The summed E-state index contributed by atoms with van der Waals surface area (Å²) in [5.74, 6) is -2.44. The highest BCUT2D eigenvalue weighted by atomic mass is 19.4. The lowest BCUT2D eigenvalue weighted by atomic mass is 10.0. The first-order valence-electron chi connectivity index (χ1n) is 17.0. The van der Waals surface area contributed by atoms with Crippen LogP contribution in [0, 0.1) is 0 Å². The zero-order valence-corrected chi connectivity index (χ0v) is 30.1. The van der Waals surface area contributed by atoms with Gasteiger partial charge in [-0.05, 0) is 80.4 Å². The third kappa shape index (κ3) is 14.1. The minimum absolute atomic E-state index is 0.000340. The molecule has 11 nitrogen and oxygen atoms in total. The van der Waals surface area contributed by atoms with Gasteiger partial charge in [-0.2, -0.15) is 13.2 Å². The number of hydrogen-bond donors (Lipinski definition) is 2. The molecule has 284 valence electrons. The number of carboxylic acid groups (broad SMARTS) is 1. The molecule has 0 bridgehead atoms. The van der Waals surface area contributed by atoms with Crippen LogP contribution in [0.5, 0.6) is 17.2 Å². The number of allylic oxidation sites excluding steroid dienone is 3. The van der Waals surface area contributed by atoms with Crippen LogP contribution in [0.2, 0.25) is 0 Å². The van der Waals surface area contributed by atoms with Crippen molar-refractivity contribution in [1.82, 2.24) is 15.2 Å². The summed E-state index contributed by atoms with van der Waals surface area (Å²) in [4.78, 5) is 55.3. The number of hydrogen-bond acceptors (Lipinski definition) is 8. The highest BCUT2D eigenvalue weighted by molar-refractivity contribution is 5.95. The number of unbranched alkanes of at least 4 members (excludes halogenated alkanes) is 4. The minimum Gasteiger partial charge on any atom is -0.497 e. The van der Waals surface area contributed by atoms with Crippen molar-refractivity contribution >= 4 is 23.8 Å². The van der Waals surface area contributed by atoms with Crippen molar-refractivity contribution < 1.29 is 51.7 Å². The maximum Gasteiger partial charge on any atom is 0.416 e. The largest absolute Gasteiger partial charge is 0.497 e. The van der Waals surface area contributed by atoms with Crippen LogP contribution in [-0.4, -0.2) is 59.0 Å². The Balaban J connectivity index is 1.58. The standard InChI is InChI=1S/C39H44F3N3O8/c1-5-6-7-8-9-20-52-31-16-12-28(13-17-31)38(50)53-33-19-15-30(43-23-33)24-45(25-36(47)48)37(49)26(2)10-11-27(3)44-35(46)21-29-14-18-32(51-4)22-34(29)39(40,41)42/h10-19,22-23H,5-9,20-21,24-25H2,1-4H3,(H,44,46)(H,47,48). The molecule has 0 fully saturated rings. The molecule has 1 heterocycles. The second-order valence-electron chi connectivity index (χ2n) is 12.2. The van der Waals surface area contributed by atoms with Crippen molar-refractivity contribution in [1.29, 1.82) is 0 Å². The fraction of sp³-hybridized carbons (Fsp3) is 0.359. The number of rotatable bonds is 19. The molecule has 0 atom stereocenters. The van der Waals surface area contributed by atoms with Crippen LogP contribution in [0.3, 0.4) is 0 Å². The summed E-state index contributed by atoms with van der Waals surface area (Å²) in [6.45, 7) is 4.85. The number of carbonyl (C=O) groups excluding carboxylic acids is 3. The molecular weight excluding hydrogens is 695 g/mol. The number of aromatic nitrogens is 1. The van der Waals surface area contributed by atoms with Gasteiger partial charge in [-0.15, -0.1) is 0 Å². The number of benzene rings is 2. The van der Waals surface area contributed by atoms with E-state index in [0.717, 1.165) is 23.8 Å². The third-order valence-corrected chi connectivity index (χ3v) is 7.81. The lowest BCUT2D eigenvalue weighted by molar-refractivity contribution is -0.143. The second-order valence-corrected chi connectivity index (χ2v) is 12.2. The molecule has 0 aliphatic heterocycles. The number of alkyl halides is 3. The number of ether oxygens (including phenoxy) is 3. The van der Waals surface area contributed by atoms with Gasteiger partial charge < -0.3 is 29.5 Å². The number of nitrogens with one attached hydrogen (secondary N) is 1. The molecule has 0 saturated carbocycles. The molecule has 53 heavy (non-hydrogen) atoms. The van der Waals surface area contributed by atoms with E-state index in [1.54, 1.807) is 24.3 Å². The maximum atomic E-state index is 13.5. The Hall–Kier alpha value is -5.66. The molecule has 0 aliphatic carbocycles. The summed E-state index contributed by atoms with van der Waals surface area (Å²) in [7, 11) is 1.24. The molecule has 0 saturated heterocycles. The fourth-order valence-corrected chi connectivity index (χ4v) is 5.02. The van der Waals surface area contributed by atoms with Crippen molar-refractivity contribution in [2.24, 2.45) is 0 Å². The summed E-state index contributed by atoms with van der Waals surface area (Å²) < 4.78 is 56.6. The van der Waals surface area contributed by atoms with Gasteiger partial charge in [0.15, 0.2) is 0 Å². The van der Waals surface area contributed by atoms with E-state index in [2.05, 4.69) is 17.2 Å². The summed E-state index contributed by atoms with van der Waals surface area (Å²) >= 11 is 0. The van der Waals surface area contributed by atoms with Gasteiger partial charge in [-0.1, -0.05) is 44.7 Å². The van der Waals surface area contributed by atoms with Crippen molar-refractivity contribution in [3.63, 3.8) is 0 Å². The highest BCUT2D eigenvalue weighted by Gasteiger charge is 2.34. The lowest BCUT2D eigenvalue weighted by Crippen LogP contribution is -2.36. The zero-order valence-electron chi connectivity index (χ0n) is 30.1. The van der Waals surface area contributed by atoms with Gasteiger partial charge in [0.1, 0.15) is 23.8 Å². The first-order valence-corrected chi connectivity index (χ1v) is 17.0. The third-order valence-electron chi connectivity index (χ3n) is 7.81. The number of aliphatic carboxylic acids is 1. The Kier molecular flexibility index (Phi) is 16.1. The number of carboxylic acids is 1. The van der Waals surface area contributed by atoms with Crippen LogP contribution in [0.1, 0.15) is 80.1 Å². The van der Waals surface area contributed by atoms with E-state index in [-0.39, 0.29) is 34.9 Å². The highest BCUT2D eigenvalue weighted by Crippen LogP contribution is 2.34. The van der Waals surface area contributed by atoms with E-state index in [0.29, 0.717) is 23.6 Å². The van der Waals surface area contributed by atoms with E-state index < -0.39 is 48.5 Å². The summed E-state index contributed by atoms with van der Waals surface area (Å²) in [6, 6.07) is 12.9. The van der Waals surface area contributed by atoms with Crippen LogP contribution in [0.4, 0.5) is 13.2 Å². The van der Waals surface area contributed by atoms with Gasteiger partial charge in [0.25, 0.3) is 0 Å². The van der Waals surface area contributed by atoms with Crippen LogP contribution in [-0.2, 0) is 33.5 Å². The minimum atomic E-state index is -4.70. The Morgan fingerprint density at radius 3 is 2.21 bits per heavy atom. The Morgan fingerprint density at radius 2 is 1.58 bits per heavy atom. The van der Waals surface area contributed by atoms with Gasteiger partial charge in [0, 0.05) is 11.3 Å². The molecule has 0 radical (unpaired) electrons. The fourth-order valence-electron chi connectivity index (χ4n) is 5.02. The number of halogens is 3. The smallest absolute Gasteiger partial charge is 0.416 e. The van der Waals surface area contributed by atoms with Gasteiger partial charge in [0.2, 0.25) is 11.8 Å². The quantitative estimate of drug-likeness (QED) is 0.0560. The molecule has 3 rings (SSSR count). The van der Waals surface area contributed by atoms with E-state index >= 15 is 0 Å². The number of esters is 1. The number of amides is 2. The SMILES string of the molecule is CCCCCCCOc1ccc(C(=O)Oc2ccc(CN(CC(=O)O)C(=O)C(C)=CC=C(C)NC(=O)Cc3ccc(OC)cc3C(F)(F)F)nc2)cc1. The molecule has 1 aromatic heterocycles. The number of pyridine rings is 1. The predicted molar refractivity (Wildman–Crippen MR) is 190 cm³/mol. The molecule has 0 aliphatic rings.